The van der Waals surface area contributed by atoms with Crippen molar-refractivity contribution >= 4 is 12.0 Å². The second-order valence-corrected chi connectivity index (χ2v) is 6.34. The summed E-state index contributed by atoms with van der Waals surface area (Å²) in [7, 11) is 4.96. The standard InChI is InChI=1S/C22H22FN3O3/c1-26-11-10-24-22(26)21(16-12-17(28-2)14-18(13-16)29-3)25-20(27)9-8-15-6-4-5-7-19(15)23/h4-14,21H,1-3H3,(H,25,27)/b9-8+. The van der Waals surface area contributed by atoms with Crippen LogP contribution in [0.3, 0.4) is 0 Å². The van der Waals surface area contributed by atoms with Crippen molar-refractivity contribution in [3.05, 3.63) is 83.7 Å². The molecule has 6 nitrogen and oxygen atoms in total. The lowest BCUT2D eigenvalue weighted by atomic mass is 10.0. The Morgan fingerprint density at radius 1 is 1.17 bits per heavy atom. The molecular formula is C22H22FN3O3. The monoisotopic (exact) mass is 395 g/mol. The van der Waals surface area contributed by atoms with Crippen LogP contribution in [0.1, 0.15) is 23.0 Å². The first-order valence-corrected chi connectivity index (χ1v) is 8.95. The summed E-state index contributed by atoms with van der Waals surface area (Å²) in [4.78, 5) is 17.0. The number of carbonyl (C=O) groups is 1. The molecule has 3 rings (SSSR count). The molecule has 0 radical (unpaired) electrons. The first-order chi connectivity index (χ1) is 14.0. The molecule has 0 aliphatic carbocycles. The van der Waals surface area contributed by atoms with E-state index in [1.807, 2.05) is 23.7 Å². The van der Waals surface area contributed by atoms with Crippen molar-refractivity contribution in [1.82, 2.24) is 14.9 Å². The summed E-state index contributed by atoms with van der Waals surface area (Å²) in [5, 5.41) is 2.93. The maximum absolute atomic E-state index is 13.8. The van der Waals surface area contributed by atoms with Crippen LogP contribution in [0.25, 0.3) is 6.08 Å². The van der Waals surface area contributed by atoms with Gasteiger partial charge in [-0.3, -0.25) is 4.79 Å². The molecule has 150 valence electrons. The van der Waals surface area contributed by atoms with Crippen LogP contribution in [0.5, 0.6) is 11.5 Å². The minimum absolute atomic E-state index is 0.333. The van der Waals surface area contributed by atoms with Gasteiger partial charge in [0.15, 0.2) is 0 Å². The molecule has 2 aromatic carbocycles. The van der Waals surface area contributed by atoms with Gasteiger partial charge in [-0.05, 0) is 29.8 Å². The van der Waals surface area contributed by atoms with Crippen LogP contribution in [0.4, 0.5) is 4.39 Å². The minimum Gasteiger partial charge on any atom is -0.497 e. The van der Waals surface area contributed by atoms with E-state index in [4.69, 9.17) is 9.47 Å². The zero-order chi connectivity index (χ0) is 20.8. The normalized spacial score (nSPS) is 12.0. The van der Waals surface area contributed by atoms with E-state index in [0.717, 1.165) is 5.56 Å². The lowest BCUT2D eigenvalue weighted by Crippen LogP contribution is -2.29. The summed E-state index contributed by atoms with van der Waals surface area (Å²) in [6.45, 7) is 0. The fourth-order valence-electron chi connectivity index (χ4n) is 2.91. The number of imidazole rings is 1. The number of hydrogen-bond donors (Lipinski definition) is 1. The summed E-state index contributed by atoms with van der Waals surface area (Å²) >= 11 is 0. The van der Waals surface area contributed by atoms with Gasteiger partial charge in [-0.15, -0.1) is 0 Å². The zero-order valence-corrected chi connectivity index (χ0v) is 16.4. The molecule has 0 aliphatic heterocycles. The van der Waals surface area contributed by atoms with Gasteiger partial charge in [-0.2, -0.15) is 0 Å². The Kier molecular flexibility index (Phi) is 6.29. The molecule has 3 aromatic rings. The number of halogens is 1. The maximum Gasteiger partial charge on any atom is 0.244 e. The number of nitrogens with one attached hydrogen (secondary N) is 1. The third-order valence-corrected chi connectivity index (χ3v) is 4.43. The van der Waals surface area contributed by atoms with Crippen molar-refractivity contribution in [2.24, 2.45) is 7.05 Å². The molecule has 29 heavy (non-hydrogen) atoms. The molecule has 1 N–H and O–H groups in total. The molecule has 0 bridgehead atoms. The summed E-state index contributed by atoms with van der Waals surface area (Å²) in [5.41, 5.74) is 1.07. The topological polar surface area (TPSA) is 65.4 Å². The van der Waals surface area contributed by atoms with Crippen molar-refractivity contribution in [1.29, 1.82) is 0 Å². The molecule has 7 heteroatoms. The second-order valence-electron chi connectivity index (χ2n) is 6.34. The molecule has 1 heterocycles. The highest BCUT2D eigenvalue weighted by Gasteiger charge is 2.21. The third-order valence-electron chi connectivity index (χ3n) is 4.43. The van der Waals surface area contributed by atoms with Crippen LogP contribution in [-0.2, 0) is 11.8 Å². The molecule has 1 amide bonds. The van der Waals surface area contributed by atoms with E-state index >= 15 is 0 Å². The van der Waals surface area contributed by atoms with Crippen LogP contribution in [-0.4, -0.2) is 29.7 Å². The number of amides is 1. The van der Waals surface area contributed by atoms with Gasteiger partial charge in [0, 0.05) is 37.1 Å². The van der Waals surface area contributed by atoms with Crippen LogP contribution < -0.4 is 14.8 Å². The molecule has 0 saturated heterocycles. The Bertz CT molecular complexity index is 1010. The molecule has 1 aromatic heterocycles. The Labute approximate surface area is 168 Å². The van der Waals surface area contributed by atoms with Gasteiger partial charge in [-0.25, -0.2) is 9.37 Å². The van der Waals surface area contributed by atoms with Gasteiger partial charge >= 0.3 is 0 Å². The number of nitrogens with zero attached hydrogens (tertiary/aromatic N) is 2. The van der Waals surface area contributed by atoms with E-state index in [1.54, 1.807) is 50.9 Å². The zero-order valence-electron chi connectivity index (χ0n) is 16.4. The lowest BCUT2D eigenvalue weighted by molar-refractivity contribution is -0.117. The molecular weight excluding hydrogens is 373 g/mol. The average Bonchev–Trinajstić information content (AvgIpc) is 3.16. The quantitative estimate of drug-likeness (QED) is 0.622. The third kappa shape index (κ3) is 4.82. The van der Waals surface area contributed by atoms with Crippen molar-refractivity contribution in [2.75, 3.05) is 14.2 Å². The van der Waals surface area contributed by atoms with E-state index in [9.17, 15) is 9.18 Å². The highest BCUT2D eigenvalue weighted by atomic mass is 19.1. The number of benzene rings is 2. The van der Waals surface area contributed by atoms with Crippen LogP contribution >= 0.6 is 0 Å². The Morgan fingerprint density at radius 3 is 2.45 bits per heavy atom. The smallest absolute Gasteiger partial charge is 0.244 e. The number of methoxy groups -OCH3 is 2. The predicted molar refractivity (Wildman–Crippen MR) is 108 cm³/mol. The van der Waals surface area contributed by atoms with Gasteiger partial charge in [0.25, 0.3) is 0 Å². The van der Waals surface area contributed by atoms with Crippen molar-refractivity contribution < 1.29 is 18.7 Å². The number of aryl methyl sites for hydroxylation is 1. The van der Waals surface area contributed by atoms with E-state index in [1.165, 1.54) is 18.2 Å². The first-order valence-electron chi connectivity index (χ1n) is 8.95. The molecule has 0 aliphatic rings. The SMILES string of the molecule is COc1cc(OC)cc(C(NC(=O)/C=C/c2ccccc2F)c2nccn2C)c1. The van der Waals surface area contributed by atoms with E-state index in [2.05, 4.69) is 10.3 Å². The summed E-state index contributed by atoms with van der Waals surface area (Å²) < 4.78 is 26.3. The lowest BCUT2D eigenvalue weighted by Gasteiger charge is -2.20. The van der Waals surface area contributed by atoms with Crippen molar-refractivity contribution in [3.8, 4) is 11.5 Å². The molecule has 0 saturated carbocycles. The molecule has 1 unspecified atom stereocenters. The number of rotatable bonds is 7. The fourth-order valence-corrected chi connectivity index (χ4v) is 2.91. The summed E-state index contributed by atoms with van der Waals surface area (Å²) in [6, 6.07) is 11.1. The van der Waals surface area contributed by atoms with E-state index in [0.29, 0.717) is 22.9 Å². The van der Waals surface area contributed by atoms with Crippen LogP contribution in [0.15, 0.2) is 60.9 Å². The Balaban J connectivity index is 1.92. The van der Waals surface area contributed by atoms with E-state index < -0.39 is 11.9 Å². The van der Waals surface area contributed by atoms with Gasteiger partial charge in [-0.1, -0.05) is 18.2 Å². The number of aromatic nitrogens is 2. The average molecular weight is 395 g/mol. The van der Waals surface area contributed by atoms with Crippen molar-refractivity contribution in [3.63, 3.8) is 0 Å². The first kappa shape index (κ1) is 20.1. The highest BCUT2D eigenvalue weighted by molar-refractivity contribution is 5.92. The largest absolute Gasteiger partial charge is 0.497 e. The number of hydrogen-bond acceptors (Lipinski definition) is 4. The molecule has 0 fully saturated rings. The number of carbonyl (C=O) groups excluding carboxylic acids is 1. The second kappa shape index (κ2) is 9.05. The fraction of sp³-hybridized carbons (Fsp3) is 0.182. The molecule has 0 spiro atoms. The highest BCUT2D eigenvalue weighted by Crippen LogP contribution is 2.29. The van der Waals surface area contributed by atoms with Crippen molar-refractivity contribution in [2.45, 2.75) is 6.04 Å². The minimum atomic E-state index is -0.559. The summed E-state index contributed by atoms with van der Waals surface area (Å²) in [6.07, 6.45) is 6.18. The van der Waals surface area contributed by atoms with Gasteiger partial charge in [0.2, 0.25) is 5.91 Å². The Morgan fingerprint density at radius 2 is 1.86 bits per heavy atom. The Hall–Kier alpha value is -3.61. The predicted octanol–water partition coefficient (Wildman–Crippen LogP) is 3.50. The van der Waals surface area contributed by atoms with Gasteiger partial charge < -0.3 is 19.4 Å². The van der Waals surface area contributed by atoms with Crippen LogP contribution in [0, 0.1) is 5.82 Å². The molecule has 1 atom stereocenters. The van der Waals surface area contributed by atoms with Crippen LogP contribution in [0.2, 0.25) is 0 Å². The number of ether oxygens (including phenoxy) is 2. The summed E-state index contributed by atoms with van der Waals surface area (Å²) in [5.74, 6) is 1.04. The van der Waals surface area contributed by atoms with E-state index in [-0.39, 0.29) is 5.91 Å². The maximum atomic E-state index is 13.8. The van der Waals surface area contributed by atoms with Gasteiger partial charge in [0.05, 0.1) is 14.2 Å². The van der Waals surface area contributed by atoms with Gasteiger partial charge in [0.1, 0.15) is 29.2 Å².